The molecule has 1 aromatic heterocycles. The van der Waals surface area contributed by atoms with Crippen LogP contribution >= 0.6 is 0 Å². The number of rotatable bonds is 6. The summed E-state index contributed by atoms with van der Waals surface area (Å²) >= 11 is 0. The van der Waals surface area contributed by atoms with E-state index in [-0.39, 0.29) is 0 Å². The van der Waals surface area contributed by atoms with Gasteiger partial charge in [0.25, 0.3) is 0 Å². The summed E-state index contributed by atoms with van der Waals surface area (Å²) < 4.78 is 10.3. The molecule has 1 unspecified atom stereocenters. The van der Waals surface area contributed by atoms with Crippen molar-refractivity contribution in [1.29, 1.82) is 0 Å². The van der Waals surface area contributed by atoms with E-state index in [0.29, 0.717) is 13.1 Å². The van der Waals surface area contributed by atoms with Gasteiger partial charge in [0.2, 0.25) is 0 Å². The minimum absolute atomic E-state index is 0.525. The van der Waals surface area contributed by atoms with E-state index in [9.17, 15) is 5.11 Å². The van der Waals surface area contributed by atoms with E-state index >= 15 is 0 Å². The van der Waals surface area contributed by atoms with Crippen molar-refractivity contribution in [3.05, 3.63) is 46.8 Å². The average Bonchev–Trinajstić information content (AvgIpc) is 2.79. The van der Waals surface area contributed by atoms with Crippen LogP contribution < -0.4 is 4.74 Å². The van der Waals surface area contributed by atoms with Crippen molar-refractivity contribution in [2.75, 3.05) is 20.7 Å². The molecule has 1 aromatic carbocycles. The highest BCUT2D eigenvalue weighted by Gasteiger charge is 2.15. The van der Waals surface area contributed by atoms with Crippen LogP contribution in [0.1, 0.15) is 28.7 Å². The zero-order chi connectivity index (χ0) is 15.4. The molecule has 0 spiro atoms. The zero-order valence-electron chi connectivity index (χ0n) is 13.0. The van der Waals surface area contributed by atoms with Crippen molar-refractivity contribution < 1.29 is 14.4 Å². The first kappa shape index (κ1) is 15.5. The highest BCUT2D eigenvalue weighted by Crippen LogP contribution is 2.21. The molecule has 0 aliphatic rings. The number of aryl methyl sites for hydroxylation is 2. The zero-order valence-corrected chi connectivity index (χ0v) is 13.0. The number of nitrogens with zero attached hydrogens (tertiary/aromatic N) is 2. The SMILES string of the molecule is COc1cccc(C(O)CN(C)Cc2c(C)noc2C)c1. The smallest absolute Gasteiger partial charge is 0.138 e. The molecule has 1 atom stereocenters. The van der Waals surface area contributed by atoms with Crippen LogP contribution in [0.3, 0.4) is 0 Å². The average molecular weight is 290 g/mol. The highest BCUT2D eigenvalue weighted by atomic mass is 16.5. The number of hydrogen-bond donors (Lipinski definition) is 1. The quantitative estimate of drug-likeness (QED) is 0.885. The Bertz CT molecular complexity index is 575. The van der Waals surface area contributed by atoms with E-state index in [0.717, 1.165) is 28.3 Å². The normalized spacial score (nSPS) is 12.7. The van der Waals surface area contributed by atoms with Gasteiger partial charge in [-0.1, -0.05) is 17.3 Å². The van der Waals surface area contributed by atoms with Crippen molar-refractivity contribution in [1.82, 2.24) is 10.1 Å². The summed E-state index contributed by atoms with van der Waals surface area (Å²) in [4.78, 5) is 2.05. The van der Waals surface area contributed by atoms with Crippen LogP contribution in [0.2, 0.25) is 0 Å². The summed E-state index contributed by atoms with van der Waals surface area (Å²) in [6.45, 7) is 5.05. The number of ether oxygens (including phenoxy) is 1. The van der Waals surface area contributed by atoms with Gasteiger partial charge in [-0.15, -0.1) is 0 Å². The first-order valence-electron chi connectivity index (χ1n) is 6.93. The molecule has 0 saturated heterocycles. The van der Waals surface area contributed by atoms with Crippen LogP contribution in [-0.4, -0.2) is 35.9 Å². The molecule has 5 heteroatoms. The monoisotopic (exact) mass is 290 g/mol. The van der Waals surface area contributed by atoms with Crippen LogP contribution in [0.25, 0.3) is 0 Å². The summed E-state index contributed by atoms with van der Waals surface area (Å²) in [6, 6.07) is 7.50. The first-order valence-corrected chi connectivity index (χ1v) is 6.93. The van der Waals surface area contributed by atoms with Crippen molar-refractivity contribution in [2.24, 2.45) is 0 Å². The summed E-state index contributed by atoms with van der Waals surface area (Å²) in [7, 11) is 3.59. The van der Waals surface area contributed by atoms with Crippen molar-refractivity contribution in [3.8, 4) is 5.75 Å². The number of likely N-dealkylation sites (N-methyl/N-ethyl adjacent to an activating group) is 1. The maximum atomic E-state index is 10.3. The van der Waals surface area contributed by atoms with Gasteiger partial charge in [0.05, 0.1) is 18.9 Å². The minimum atomic E-state index is -0.564. The standard InChI is InChI=1S/C16H22N2O3/c1-11-15(12(2)21-17-11)9-18(3)10-16(19)13-6-5-7-14(8-13)20-4/h5-8,16,19H,9-10H2,1-4H3. The molecule has 5 nitrogen and oxygen atoms in total. The van der Waals surface area contributed by atoms with E-state index in [2.05, 4.69) is 10.1 Å². The van der Waals surface area contributed by atoms with Gasteiger partial charge < -0.3 is 14.4 Å². The predicted molar refractivity (Wildman–Crippen MR) is 80.3 cm³/mol. The summed E-state index contributed by atoms with van der Waals surface area (Å²) in [5, 5.41) is 14.3. The maximum Gasteiger partial charge on any atom is 0.138 e. The lowest BCUT2D eigenvalue weighted by molar-refractivity contribution is 0.123. The summed E-state index contributed by atoms with van der Waals surface area (Å²) in [6.07, 6.45) is -0.564. The molecule has 0 radical (unpaired) electrons. The molecule has 0 bridgehead atoms. The summed E-state index contributed by atoms with van der Waals surface area (Å²) in [5.41, 5.74) is 2.82. The Morgan fingerprint density at radius 2 is 2.14 bits per heavy atom. The van der Waals surface area contributed by atoms with E-state index in [1.807, 2.05) is 45.2 Å². The molecule has 1 heterocycles. The van der Waals surface area contributed by atoms with Gasteiger partial charge in [-0.05, 0) is 38.6 Å². The Morgan fingerprint density at radius 3 is 2.76 bits per heavy atom. The lowest BCUT2D eigenvalue weighted by Gasteiger charge is -2.21. The van der Waals surface area contributed by atoms with Crippen LogP contribution in [0.15, 0.2) is 28.8 Å². The second-order valence-electron chi connectivity index (χ2n) is 5.29. The number of hydrogen-bond acceptors (Lipinski definition) is 5. The number of benzene rings is 1. The Labute approximate surface area is 125 Å². The number of methoxy groups -OCH3 is 1. The topological polar surface area (TPSA) is 58.7 Å². The third kappa shape index (κ3) is 3.83. The Morgan fingerprint density at radius 1 is 1.38 bits per heavy atom. The van der Waals surface area contributed by atoms with E-state index in [1.54, 1.807) is 7.11 Å². The highest BCUT2D eigenvalue weighted by molar-refractivity contribution is 5.30. The third-order valence-corrected chi connectivity index (χ3v) is 3.57. The molecule has 2 aromatic rings. The molecule has 0 aliphatic heterocycles. The van der Waals surface area contributed by atoms with Gasteiger partial charge >= 0.3 is 0 Å². The van der Waals surface area contributed by atoms with E-state index in [4.69, 9.17) is 9.26 Å². The minimum Gasteiger partial charge on any atom is -0.497 e. The largest absolute Gasteiger partial charge is 0.497 e. The lowest BCUT2D eigenvalue weighted by atomic mass is 10.1. The van der Waals surface area contributed by atoms with Gasteiger partial charge in [0, 0.05) is 18.7 Å². The predicted octanol–water partition coefficient (Wildman–Crippen LogP) is 2.47. The molecule has 0 fully saturated rings. The van der Waals surface area contributed by atoms with Crippen molar-refractivity contribution in [2.45, 2.75) is 26.5 Å². The van der Waals surface area contributed by atoms with Crippen LogP contribution in [-0.2, 0) is 6.54 Å². The lowest BCUT2D eigenvalue weighted by Crippen LogP contribution is -2.24. The Balaban J connectivity index is 2.00. The van der Waals surface area contributed by atoms with E-state index in [1.165, 1.54) is 0 Å². The third-order valence-electron chi connectivity index (χ3n) is 3.57. The summed E-state index contributed by atoms with van der Waals surface area (Å²) in [5.74, 6) is 1.58. The Hall–Kier alpha value is -1.85. The van der Waals surface area contributed by atoms with Gasteiger partial charge in [0.1, 0.15) is 11.5 Å². The molecule has 1 N–H and O–H groups in total. The fourth-order valence-corrected chi connectivity index (χ4v) is 2.31. The number of aromatic nitrogens is 1. The molecule has 21 heavy (non-hydrogen) atoms. The second-order valence-corrected chi connectivity index (χ2v) is 5.29. The molecule has 0 saturated carbocycles. The van der Waals surface area contributed by atoms with E-state index < -0.39 is 6.10 Å². The second kappa shape index (κ2) is 6.74. The van der Waals surface area contributed by atoms with Crippen LogP contribution in [0.4, 0.5) is 0 Å². The van der Waals surface area contributed by atoms with Crippen molar-refractivity contribution >= 4 is 0 Å². The molecular formula is C16H22N2O3. The van der Waals surface area contributed by atoms with Crippen LogP contribution in [0.5, 0.6) is 5.75 Å². The van der Waals surface area contributed by atoms with Gasteiger partial charge in [-0.2, -0.15) is 0 Å². The fourth-order valence-electron chi connectivity index (χ4n) is 2.31. The fraction of sp³-hybridized carbons (Fsp3) is 0.438. The van der Waals surface area contributed by atoms with Gasteiger partial charge in [-0.25, -0.2) is 0 Å². The molecule has 114 valence electrons. The van der Waals surface area contributed by atoms with Gasteiger partial charge in [0.15, 0.2) is 0 Å². The first-order chi connectivity index (χ1) is 10.0. The number of aliphatic hydroxyl groups excluding tert-OH is 1. The van der Waals surface area contributed by atoms with Crippen molar-refractivity contribution in [3.63, 3.8) is 0 Å². The van der Waals surface area contributed by atoms with Crippen LogP contribution in [0, 0.1) is 13.8 Å². The Kier molecular flexibility index (Phi) is 4.98. The maximum absolute atomic E-state index is 10.3. The van der Waals surface area contributed by atoms with Gasteiger partial charge in [-0.3, -0.25) is 4.90 Å². The molecular weight excluding hydrogens is 268 g/mol. The molecule has 0 aliphatic carbocycles. The molecule has 2 rings (SSSR count). The number of aliphatic hydroxyl groups is 1. The molecule has 0 amide bonds.